The van der Waals surface area contributed by atoms with Crippen LogP contribution < -0.4 is 11.1 Å². The summed E-state index contributed by atoms with van der Waals surface area (Å²) in [5.41, 5.74) is 9.04. The van der Waals surface area contributed by atoms with Gasteiger partial charge in [0.25, 0.3) is 0 Å². The van der Waals surface area contributed by atoms with Crippen LogP contribution in [-0.4, -0.2) is 50.2 Å². The highest BCUT2D eigenvalue weighted by Gasteiger charge is 2.21. The van der Waals surface area contributed by atoms with Gasteiger partial charge in [-0.3, -0.25) is 4.90 Å². The Balaban J connectivity index is 1.18. The Labute approximate surface area is 191 Å². The fourth-order valence-corrected chi connectivity index (χ4v) is 4.42. The minimum Gasteiger partial charge on any atom is -0.461 e. The lowest BCUT2D eigenvalue weighted by atomic mass is 10.0. The molecular weight excluding hydrogens is 426 g/mol. The van der Waals surface area contributed by atoms with Crippen LogP contribution >= 0.6 is 11.6 Å². The van der Waals surface area contributed by atoms with Crippen molar-refractivity contribution < 1.29 is 4.42 Å². The first-order valence-electron chi connectivity index (χ1n) is 10.9. The molecule has 4 aromatic rings. The van der Waals surface area contributed by atoms with Crippen LogP contribution in [-0.2, 0) is 13.0 Å². The van der Waals surface area contributed by atoms with Crippen LogP contribution in [0.3, 0.4) is 0 Å². The number of rotatable bonds is 7. The molecule has 0 radical (unpaired) electrons. The molecule has 0 amide bonds. The maximum atomic E-state index is 6.08. The zero-order valence-electron chi connectivity index (χ0n) is 17.7. The van der Waals surface area contributed by atoms with E-state index in [1.807, 2.05) is 30.3 Å². The van der Waals surface area contributed by atoms with Gasteiger partial charge in [-0.25, -0.2) is 9.97 Å². The van der Waals surface area contributed by atoms with E-state index in [1.54, 1.807) is 17.0 Å². The van der Waals surface area contributed by atoms with Crippen LogP contribution in [0.25, 0.3) is 17.2 Å². The highest BCUT2D eigenvalue weighted by atomic mass is 35.5. The van der Waals surface area contributed by atoms with Crippen molar-refractivity contribution in [2.75, 3.05) is 25.4 Å². The maximum Gasteiger partial charge on any atom is 0.223 e. The molecule has 0 bridgehead atoms. The number of aromatic nitrogens is 4. The molecule has 5 rings (SSSR count). The Morgan fingerprint density at radius 1 is 1.19 bits per heavy atom. The van der Waals surface area contributed by atoms with Crippen LogP contribution in [0.4, 0.5) is 5.95 Å². The Kier molecular flexibility index (Phi) is 6.07. The molecule has 0 saturated carbocycles. The van der Waals surface area contributed by atoms with Gasteiger partial charge in [-0.1, -0.05) is 23.7 Å². The van der Waals surface area contributed by atoms with E-state index in [0.717, 1.165) is 61.7 Å². The van der Waals surface area contributed by atoms with Crippen LogP contribution in [0, 0.1) is 0 Å². The van der Waals surface area contributed by atoms with E-state index in [2.05, 4.69) is 31.3 Å². The van der Waals surface area contributed by atoms with Gasteiger partial charge in [0.15, 0.2) is 11.4 Å². The zero-order valence-corrected chi connectivity index (χ0v) is 18.5. The van der Waals surface area contributed by atoms with Crippen molar-refractivity contribution in [3.05, 3.63) is 65.0 Å². The van der Waals surface area contributed by atoms with Gasteiger partial charge in [0, 0.05) is 29.4 Å². The number of halogens is 1. The van der Waals surface area contributed by atoms with E-state index in [4.69, 9.17) is 21.8 Å². The monoisotopic (exact) mass is 451 g/mol. The van der Waals surface area contributed by atoms with E-state index >= 15 is 0 Å². The summed E-state index contributed by atoms with van der Waals surface area (Å²) in [6, 6.07) is 12.3. The quantitative estimate of drug-likeness (QED) is 0.444. The predicted molar refractivity (Wildman–Crippen MR) is 124 cm³/mol. The molecular formula is C23H26ClN7O. The molecule has 3 aromatic heterocycles. The second-order valence-corrected chi connectivity index (χ2v) is 8.61. The SMILES string of the molecule is Nc1ncc(CN2CCC(NCCc3cccc(Cl)c3)CC2)c2nc(-c3ccco3)nn12. The summed E-state index contributed by atoms with van der Waals surface area (Å²) in [5, 5.41) is 8.96. The number of anilines is 1. The predicted octanol–water partition coefficient (Wildman–Crippen LogP) is 3.42. The molecule has 1 saturated heterocycles. The van der Waals surface area contributed by atoms with Gasteiger partial charge in [0.2, 0.25) is 11.8 Å². The normalized spacial score (nSPS) is 15.5. The van der Waals surface area contributed by atoms with Crippen molar-refractivity contribution >= 4 is 23.2 Å². The first-order valence-corrected chi connectivity index (χ1v) is 11.3. The summed E-state index contributed by atoms with van der Waals surface area (Å²) >= 11 is 6.08. The molecule has 0 spiro atoms. The Morgan fingerprint density at radius 2 is 2.06 bits per heavy atom. The number of nitrogen functional groups attached to an aromatic ring is 1. The molecule has 4 heterocycles. The molecule has 0 unspecified atom stereocenters. The van der Waals surface area contributed by atoms with Gasteiger partial charge in [-0.05, 0) is 68.7 Å². The van der Waals surface area contributed by atoms with Crippen molar-refractivity contribution in [2.45, 2.75) is 31.8 Å². The number of fused-ring (bicyclic) bond motifs is 1. The molecule has 1 aliphatic rings. The lowest BCUT2D eigenvalue weighted by molar-refractivity contribution is 0.191. The third kappa shape index (κ3) is 4.62. The highest BCUT2D eigenvalue weighted by Crippen LogP contribution is 2.22. The summed E-state index contributed by atoms with van der Waals surface area (Å²) in [4.78, 5) is 11.4. The molecule has 1 fully saturated rings. The highest BCUT2D eigenvalue weighted by molar-refractivity contribution is 6.30. The summed E-state index contributed by atoms with van der Waals surface area (Å²) < 4.78 is 7.03. The Hall–Kier alpha value is -2.94. The molecule has 1 aliphatic heterocycles. The van der Waals surface area contributed by atoms with Crippen molar-refractivity contribution in [1.29, 1.82) is 0 Å². The van der Waals surface area contributed by atoms with Gasteiger partial charge in [0.05, 0.1) is 6.26 Å². The number of likely N-dealkylation sites (tertiary alicyclic amines) is 1. The van der Waals surface area contributed by atoms with Crippen molar-refractivity contribution in [2.24, 2.45) is 0 Å². The smallest absolute Gasteiger partial charge is 0.223 e. The van der Waals surface area contributed by atoms with Gasteiger partial charge < -0.3 is 15.5 Å². The number of furan rings is 1. The largest absolute Gasteiger partial charge is 0.461 e. The second-order valence-electron chi connectivity index (χ2n) is 8.17. The number of hydrogen-bond acceptors (Lipinski definition) is 7. The molecule has 32 heavy (non-hydrogen) atoms. The summed E-state index contributed by atoms with van der Waals surface area (Å²) in [6.07, 6.45) is 6.62. The molecule has 0 atom stereocenters. The van der Waals surface area contributed by atoms with Crippen LogP contribution in [0.1, 0.15) is 24.0 Å². The van der Waals surface area contributed by atoms with Crippen LogP contribution in [0.2, 0.25) is 5.02 Å². The van der Waals surface area contributed by atoms with Gasteiger partial charge in [-0.2, -0.15) is 4.52 Å². The number of nitrogens with two attached hydrogens (primary N) is 1. The average Bonchev–Trinajstić information content (AvgIpc) is 3.47. The third-order valence-electron chi connectivity index (χ3n) is 5.92. The van der Waals surface area contributed by atoms with E-state index in [-0.39, 0.29) is 0 Å². The molecule has 1 aromatic carbocycles. The lowest BCUT2D eigenvalue weighted by Gasteiger charge is -2.32. The van der Waals surface area contributed by atoms with Gasteiger partial charge in [-0.15, -0.1) is 5.10 Å². The standard InChI is InChI=1S/C23H26ClN7O/c24-18-4-1-3-16(13-18)6-9-26-19-7-10-30(11-8-19)15-17-14-27-23(25)31-22(17)28-21(29-31)20-5-2-12-32-20/h1-5,12-14,19,26H,6-11,15H2,(H2,25,27). The fraction of sp³-hybridized carbons (Fsp3) is 0.348. The average molecular weight is 452 g/mol. The van der Waals surface area contributed by atoms with Gasteiger partial charge >= 0.3 is 0 Å². The summed E-state index contributed by atoms with van der Waals surface area (Å²) in [5.74, 6) is 1.44. The zero-order chi connectivity index (χ0) is 21.9. The molecule has 0 aliphatic carbocycles. The minimum atomic E-state index is 0.316. The second kappa shape index (κ2) is 9.28. The Morgan fingerprint density at radius 3 is 2.84 bits per heavy atom. The van der Waals surface area contributed by atoms with Crippen molar-refractivity contribution in [3.63, 3.8) is 0 Å². The number of benzene rings is 1. The van der Waals surface area contributed by atoms with Crippen LogP contribution in [0.5, 0.6) is 0 Å². The van der Waals surface area contributed by atoms with Crippen molar-refractivity contribution in [3.8, 4) is 11.6 Å². The van der Waals surface area contributed by atoms with E-state index in [9.17, 15) is 0 Å². The van der Waals surface area contributed by atoms with Crippen LogP contribution in [0.15, 0.2) is 53.3 Å². The number of piperidine rings is 1. The van der Waals surface area contributed by atoms with E-state index in [1.165, 1.54) is 5.56 Å². The lowest BCUT2D eigenvalue weighted by Crippen LogP contribution is -2.42. The summed E-state index contributed by atoms with van der Waals surface area (Å²) in [7, 11) is 0. The number of nitrogens with one attached hydrogen (secondary N) is 1. The first kappa shape index (κ1) is 20.9. The van der Waals surface area contributed by atoms with Crippen molar-refractivity contribution in [1.82, 2.24) is 29.8 Å². The fourth-order valence-electron chi connectivity index (χ4n) is 4.21. The first-order chi connectivity index (χ1) is 15.7. The summed E-state index contributed by atoms with van der Waals surface area (Å²) in [6.45, 7) is 3.76. The number of nitrogens with zero attached hydrogens (tertiary/aromatic N) is 5. The molecule has 166 valence electrons. The third-order valence-corrected chi connectivity index (χ3v) is 6.16. The maximum absolute atomic E-state index is 6.08. The molecule has 8 nitrogen and oxygen atoms in total. The molecule has 3 N–H and O–H groups in total. The topological polar surface area (TPSA) is 97.5 Å². The van der Waals surface area contributed by atoms with Gasteiger partial charge in [0.1, 0.15) is 0 Å². The van der Waals surface area contributed by atoms with E-state index < -0.39 is 0 Å². The number of hydrogen-bond donors (Lipinski definition) is 2. The molecule has 9 heteroatoms. The van der Waals surface area contributed by atoms with E-state index in [0.29, 0.717) is 23.6 Å². The minimum absolute atomic E-state index is 0.316. The Bertz CT molecular complexity index is 1180.